The molecule has 0 radical (unpaired) electrons. The van der Waals surface area contributed by atoms with Crippen molar-refractivity contribution < 1.29 is 8.42 Å². The zero-order chi connectivity index (χ0) is 15.6. The molecular weight excluding hydrogens is 304 g/mol. The molecule has 6 heteroatoms. The van der Waals surface area contributed by atoms with Crippen molar-refractivity contribution in [1.82, 2.24) is 4.72 Å². The van der Waals surface area contributed by atoms with Gasteiger partial charge in [0.15, 0.2) is 0 Å². The van der Waals surface area contributed by atoms with Crippen LogP contribution in [0.15, 0.2) is 28.5 Å². The van der Waals surface area contributed by atoms with Crippen LogP contribution < -0.4 is 10.5 Å². The highest BCUT2D eigenvalue weighted by molar-refractivity contribution is 7.89. The van der Waals surface area contributed by atoms with Crippen LogP contribution in [0, 0.1) is 13.8 Å². The van der Waals surface area contributed by atoms with E-state index in [9.17, 15) is 8.42 Å². The number of hydrogen-bond acceptors (Lipinski definition) is 4. The molecule has 0 bridgehead atoms. The Morgan fingerprint density at radius 2 is 1.95 bits per heavy atom. The minimum atomic E-state index is -3.57. The largest absolute Gasteiger partial charge is 0.398 e. The van der Waals surface area contributed by atoms with E-state index in [1.165, 1.54) is 5.56 Å². The molecule has 0 atom stereocenters. The van der Waals surface area contributed by atoms with Crippen molar-refractivity contribution >= 4 is 27.0 Å². The average Bonchev–Trinajstić information content (AvgIpc) is 2.88. The number of aryl methyl sites for hydroxylation is 2. The number of hydrogen-bond donors (Lipinski definition) is 2. The summed E-state index contributed by atoms with van der Waals surface area (Å²) in [6.45, 7) is 5.90. The van der Waals surface area contributed by atoms with Crippen LogP contribution in [-0.4, -0.2) is 8.42 Å². The van der Waals surface area contributed by atoms with Crippen LogP contribution in [0.4, 0.5) is 5.69 Å². The van der Waals surface area contributed by atoms with Gasteiger partial charge in [0.05, 0.1) is 4.90 Å². The highest BCUT2D eigenvalue weighted by Crippen LogP contribution is 2.25. The normalized spacial score (nSPS) is 11.8. The van der Waals surface area contributed by atoms with Crippen molar-refractivity contribution in [2.24, 2.45) is 0 Å². The van der Waals surface area contributed by atoms with Crippen LogP contribution in [-0.2, 0) is 23.0 Å². The van der Waals surface area contributed by atoms with Crippen LogP contribution in [0.3, 0.4) is 0 Å². The summed E-state index contributed by atoms with van der Waals surface area (Å²) in [7, 11) is -3.57. The number of nitrogens with two attached hydrogens (primary N) is 1. The van der Waals surface area contributed by atoms with Gasteiger partial charge in [-0.3, -0.25) is 0 Å². The molecule has 0 saturated heterocycles. The van der Waals surface area contributed by atoms with Crippen molar-refractivity contribution in [3.8, 4) is 0 Å². The molecule has 0 aliphatic carbocycles. The number of nitrogens with one attached hydrogen (secondary N) is 1. The fraction of sp³-hybridized carbons (Fsp3) is 0.333. The number of thiophene rings is 1. The van der Waals surface area contributed by atoms with E-state index in [1.54, 1.807) is 37.3 Å². The lowest BCUT2D eigenvalue weighted by Gasteiger charge is -2.13. The fourth-order valence-corrected chi connectivity index (χ4v) is 4.82. The molecule has 1 aromatic heterocycles. The van der Waals surface area contributed by atoms with Crippen LogP contribution in [0.25, 0.3) is 0 Å². The lowest BCUT2D eigenvalue weighted by Crippen LogP contribution is -2.25. The summed E-state index contributed by atoms with van der Waals surface area (Å²) in [5.74, 6) is 0. The maximum Gasteiger partial charge on any atom is 0.241 e. The second kappa shape index (κ2) is 6.17. The standard InChI is InChI=1S/C15H20N2O2S2/c1-4-12-7-8-20-14(12)9-17-21(18,19)15-10(2)5-6-13(16)11(15)3/h5-8,17H,4,9,16H2,1-3H3. The lowest BCUT2D eigenvalue weighted by atomic mass is 10.1. The minimum absolute atomic E-state index is 0.289. The molecule has 0 aliphatic heterocycles. The number of benzene rings is 1. The number of rotatable bonds is 5. The summed E-state index contributed by atoms with van der Waals surface area (Å²) in [6.07, 6.45) is 0.900. The Morgan fingerprint density at radius 3 is 2.62 bits per heavy atom. The first-order valence-electron chi connectivity index (χ1n) is 6.77. The highest BCUT2D eigenvalue weighted by Gasteiger charge is 2.21. The van der Waals surface area contributed by atoms with Gasteiger partial charge in [-0.25, -0.2) is 13.1 Å². The SMILES string of the molecule is CCc1ccsc1CNS(=O)(=O)c1c(C)ccc(N)c1C. The first kappa shape index (κ1) is 16.0. The molecule has 1 aromatic carbocycles. The molecule has 1 heterocycles. The zero-order valence-corrected chi connectivity index (χ0v) is 14.1. The quantitative estimate of drug-likeness (QED) is 0.831. The van der Waals surface area contributed by atoms with E-state index >= 15 is 0 Å². The topological polar surface area (TPSA) is 72.2 Å². The Balaban J connectivity index is 2.30. The van der Waals surface area contributed by atoms with E-state index in [0.29, 0.717) is 23.4 Å². The van der Waals surface area contributed by atoms with Crippen LogP contribution >= 0.6 is 11.3 Å². The van der Waals surface area contributed by atoms with Gasteiger partial charge in [-0.05, 0) is 54.5 Å². The molecule has 0 amide bonds. The van der Waals surface area contributed by atoms with Gasteiger partial charge in [0.25, 0.3) is 0 Å². The number of anilines is 1. The first-order chi connectivity index (χ1) is 9.86. The Bertz CT molecular complexity index is 749. The predicted octanol–water partition coefficient (Wildman–Crippen LogP) is 2.99. The molecule has 3 N–H and O–H groups in total. The van der Waals surface area contributed by atoms with Crippen molar-refractivity contribution in [3.05, 3.63) is 45.1 Å². The van der Waals surface area contributed by atoms with Gasteiger partial charge in [-0.2, -0.15) is 0 Å². The average molecular weight is 324 g/mol. The van der Waals surface area contributed by atoms with Gasteiger partial charge in [-0.1, -0.05) is 13.0 Å². The molecule has 0 unspecified atom stereocenters. The number of sulfonamides is 1. The van der Waals surface area contributed by atoms with Crippen molar-refractivity contribution in [3.63, 3.8) is 0 Å². The monoisotopic (exact) mass is 324 g/mol. The van der Waals surface area contributed by atoms with Gasteiger partial charge in [0, 0.05) is 17.1 Å². The highest BCUT2D eigenvalue weighted by atomic mass is 32.2. The summed E-state index contributed by atoms with van der Waals surface area (Å²) >= 11 is 1.57. The predicted molar refractivity (Wildman–Crippen MR) is 88.1 cm³/mol. The Kier molecular flexibility index (Phi) is 4.70. The molecule has 0 fully saturated rings. The molecule has 2 rings (SSSR count). The van der Waals surface area contributed by atoms with Crippen molar-refractivity contribution in [1.29, 1.82) is 0 Å². The Labute approximate surface area is 130 Å². The van der Waals surface area contributed by atoms with E-state index in [4.69, 9.17) is 5.73 Å². The summed E-state index contributed by atoms with van der Waals surface area (Å²) in [5, 5.41) is 1.99. The van der Waals surface area contributed by atoms with E-state index < -0.39 is 10.0 Å². The van der Waals surface area contributed by atoms with E-state index in [0.717, 1.165) is 11.3 Å². The second-order valence-electron chi connectivity index (χ2n) is 4.97. The van der Waals surface area contributed by atoms with Gasteiger partial charge in [0.2, 0.25) is 10.0 Å². The molecule has 114 valence electrons. The summed E-state index contributed by atoms with van der Waals surface area (Å²) in [4.78, 5) is 1.34. The van der Waals surface area contributed by atoms with Gasteiger partial charge >= 0.3 is 0 Å². The van der Waals surface area contributed by atoms with Crippen LogP contribution in [0.1, 0.15) is 28.5 Å². The fourth-order valence-electron chi connectivity index (χ4n) is 2.33. The summed E-state index contributed by atoms with van der Waals surface area (Å²) < 4.78 is 27.8. The van der Waals surface area contributed by atoms with Gasteiger partial charge < -0.3 is 5.73 Å². The molecule has 0 saturated carbocycles. The van der Waals surface area contributed by atoms with Gasteiger partial charge in [-0.15, -0.1) is 11.3 Å². The van der Waals surface area contributed by atoms with Crippen molar-refractivity contribution in [2.45, 2.75) is 38.6 Å². The molecule has 4 nitrogen and oxygen atoms in total. The molecule has 0 spiro atoms. The van der Waals surface area contributed by atoms with E-state index in [2.05, 4.69) is 11.6 Å². The van der Waals surface area contributed by atoms with Crippen LogP contribution in [0.5, 0.6) is 0 Å². The summed E-state index contributed by atoms with van der Waals surface area (Å²) in [5.41, 5.74) is 8.81. The van der Waals surface area contributed by atoms with E-state index in [1.807, 2.05) is 11.4 Å². The maximum atomic E-state index is 12.6. The summed E-state index contributed by atoms with van der Waals surface area (Å²) in [6, 6.07) is 5.50. The maximum absolute atomic E-state index is 12.6. The zero-order valence-electron chi connectivity index (χ0n) is 12.4. The molecular formula is C15H20N2O2S2. The van der Waals surface area contributed by atoms with Crippen LogP contribution in [0.2, 0.25) is 0 Å². The third kappa shape index (κ3) is 3.28. The number of nitrogen functional groups attached to an aromatic ring is 1. The third-order valence-corrected chi connectivity index (χ3v) is 6.21. The smallest absolute Gasteiger partial charge is 0.241 e. The second-order valence-corrected chi connectivity index (χ2v) is 7.68. The van der Waals surface area contributed by atoms with E-state index in [-0.39, 0.29) is 4.90 Å². The molecule has 2 aromatic rings. The van der Waals surface area contributed by atoms with Gasteiger partial charge in [0.1, 0.15) is 0 Å². The first-order valence-corrected chi connectivity index (χ1v) is 9.13. The molecule has 21 heavy (non-hydrogen) atoms. The third-order valence-electron chi connectivity index (χ3n) is 3.55. The Hall–Kier alpha value is -1.37. The minimum Gasteiger partial charge on any atom is -0.398 e. The van der Waals surface area contributed by atoms with Crippen molar-refractivity contribution in [2.75, 3.05) is 5.73 Å². The Morgan fingerprint density at radius 1 is 1.24 bits per heavy atom. The lowest BCUT2D eigenvalue weighted by molar-refractivity contribution is 0.580. The molecule has 0 aliphatic rings.